The van der Waals surface area contributed by atoms with E-state index in [-0.39, 0.29) is 5.41 Å². The highest BCUT2D eigenvalue weighted by Gasteiger charge is 2.21. The molecule has 0 saturated heterocycles. The maximum atomic E-state index is 5.70. The molecule has 0 fully saturated rings. The zero-order valence-corrected chi connectivity index (χ0v) is 7.69. The average molecular weight is 153 g/mol. The normalized spacial score (nSPS) is 19.7. The molecule has 0 aromatic heterocycles. The molecular weight excluding hydrogens is 134 g/mol. The summed E-state index contributed by atoms with van der Waals surface area (Å²) >= 11 is 0. The highest BCUT2D eigenvalue weighted by atomic mass is 14.6. The van der Waals surface area contributed by atoms with Crippen molar-refractivity contribution in [2.24, 2.45) is 11.1 Å². The Kier molecular flexibility index (Phi) is 2.72. The first-order valence-corrected chi connectivity index (χ1v) is 4.56. The molecule has 0 heterocycles. The summed E-state index contributed by atoms with van der Waals surface area (Å²) in [5, 5.41) is 0. The highest BCUT2D eigenvalue weighted by Crippen LogP contribution is 2.32. The topological polar surface area (TPSA) is 26.0 Å². The van der Waals surface area contributed by atoms with Crippen LogP contribution in [0.25, 0.3) is 0 Å². The molecule has 64 valence electrons. The molecule has 0 spiro atoms. The van der Waals surface area contributed by atoms with Crippen LogP contribution < -0.4 is 5.73 Å². The van der Waals surface area contributed by atoms with E-state index in [1.54, 1.807) is 5.57 Å². The van der Waals surface area contributed by atoms with Gasteiger partial charge < -0.3 is 5.73 Å². The fourth-order valence-corrected chi connectivity index (χ4v) is 1.58. The van der Waals surface area contributed by atoms with Crippen LogP contribution in [0.1, 0.15) is 39.5 Å². The van der Waals surface area contributed by atoms with Crippen molar-refractivity contribution >= 4 is 0 Å². The van der Waals surface area contributed by atoms with Crippen molar-refractivity contribution in [1.82, 2.24) is 0 Å². The SMILES string of the molecule is CC(C)(CN)C1=CCCCC1. The Morgan fingerprint density at radius 2 is 2.18 bits per heavy atom. The molecule has 0 bridgehead atoms. The van der Waals surface area contributed by atoms with Crippen molar-refractivity contribution < 1.29 is 0 Å². The molecule has 0 saturated carbocycles. The van der Waals surface area contributed by atoms with Gasteiger partial charge in [-0.25, -0.2) is 0 Å². The number of nitrogens with two attached hydrogens (primary N) is 1. The summed E-state index contributed by atoms with van der Waals surface area (Å²) in [6.45, 7) is 5.26. The molecule has 1 nitrogen and oxygen atoms in total. The lowest BCUT2D eigenvalue weighted by Crippen LogP contribution is -2.26. The van der Waals surface area contributed by atoms with Gasteiger partial charge in [0.15, 0.2) is 0 Å². The van der Waals surface area contributed by atoms with Crippen LogP contribution in [0.3, 0.4) is 0 Å². The third kappa shape index (κ3) is 2.06. The minimum absolute atomic E-state index is 0.250. The second-order valence-electron chi connectivity index (χ2n) is 4.06. The molecule has 11 heavy (non-hydrogen) atoms. The lowest BCUT2D eigenvalue weighted by molar-refractivity contribution is 0.426. The standard InChI is InChI=1S/C10H19N/c1-10(2,8-11)9-6-4-3-5-7-9/h6H,3-5,7-8,11H2,1-2H3. The molecule has 0 aliphatic heterocycles. The Morgan fingerprint density at radius 1 is 1.45 bits per heavy atom. The first-order chi connectivity index (χ1) is 5.17. The van der Waals surface area contributed by atoms with Gasteiger partial charge in [0.05, 0.1) is 0 Å². The van der Waals surface area contributed by atoms with Crippen molar-refractivity contribution in [3.63, 3.8) is 0 Å². The lowest BCUT2D eigenvalue weighted by Gasteiger charge is -2.28. The molecule has 0 atom stereocenters. The summed E-state index contributed by atoms with van der Waals surface area (Å²) in [7, 11) is 0. The summed E-state index contributed by atoms with van der Waals surface area (Å²) in [4.78, 5) is 0. The Bertz CT molecular complexity index is 156. The number of hydrogen-bond donors (Lipinski definition) is 1. The van der Waals surface area contributed by atoms with E-state index in [0.717, 1.165) is 6.54 Å². The van der Waals surface area contributed by atoms with Crippen molar-refractivity contribution in [3.8, 4) is 0 Å². The zero-order chi connectivity index (χ0) is 8.32. The van der Waals surface area contributed by atoms with Gasteiger partial charge in [0.1, 0.15) is 0 Å². The maximum Gasteiger partial charge on any atom is 0.00115 e. The fraction of sp³-hybridized carbons (Fsp3) is 0.800. The van der Waals surface area contributed by atoms with Gasteiger partial charge in [-0.3, -0.25) is 0 Å². The quantitative estimate of drug-likeness (QED) is 0.606. The van der Waals surface area contributed by atoms with E-state index in [2.05, 4.69) is 19.9 Å². The molecule has 2 N–H and O–H groups in total. The van der Waals surface area contributed by atoms with Crippen molar-refractivity contribution in [1.29, 1.82) is 0 Å². The van der Waals surface area contributed by atoms with Crippen LogP contribution in [-0.2, 0) is 0 Å². The Labute approximate surface area is 69.7 Å². The van der Waals surface area contributed by atoms with Gasteiger partial charge in [-0.1, -0.05) is 25.5 Å². The van der Waals surface area contributed by atoms with Gasteiger partial charge in [-0.2, -0.15) is 0 Å². The molecule has 1 aliphatic rings. The van der Waals surface area contributed by atoms with E-state index in [0.29, 0.717) is 0 Å². The van der Waals surface area contributed by atoms with E-state index < -0.39 is 0 Å². The summed E-state index contributed by atoms with van der Waals surface area (Å²) in [5.74, 6) is 0. The number of hydrogen-bond acceptors (Lipinski definition) is 1. The molecular formula is C10H19N. The molecule has 0 amide bonds. The highest BCUT2D eigenvalue weighted by molar-refractivity contribution is 5.14. The molecule has 0 unspecified atom stereocenters. The van der Waals surface area contributed by atoms with Crippen molar-refractivity contribution in [2.45, 2.75) is 39.5 Å². The molecule has 1 aliphatic carbocycles. The van der Waals surface area contributed by atoms with E-state index in [1.807, 2.05) is 0 Å². The van der Waals surface area contributed by atoms with Gasteiger partial charge in [0.2, 0.25) is 0 Å². The van der Waals surface area contributed by atoms with Crippen LogP contribution in [0.2, 0.25) is 0 Å². The second kappa shape index (κ2) is 3.40. The van der Waals surface area contributed by atoms with Crippen LogP contribution in [0.15, 0.2) is 11.6 Å². The number of rotatable bonds is 2. The lowest BCUT2D eigenvalue weighted by atomic mass is 9.79. The summed E-state index contributed by atoms with van der Waals surface area (Å²) in [6.07, 6.45) is 7.64. The molecule has 0 radical (unpaired) electrons. The third-order valence-corrected chi connectivity index (χ3v) is 2.67. The minimum Gasteiger partial charge on any atom is -0.330 e. The van der Waals surface area contributed by atoms with Crippen LogP contribution in [-0.4, -0.2) is 6.54 Å². The summed E-state index contributed by atoms with van der Waals surface area (Å²) < 4.78 is 0. The van der Waals surface area contributed by atoms with Gasteiger partial charge in [-0.15, -0.1) is 0 Å². The van der Waals surface area contributed by atoms with Gasteiger partial charge in [-0.05, 0) is 31.1 Å². The second-order valence-corrected chi connectivity index (χ2v) is 4.06. The zero-order valence-electron chi connectivity index (χ0n) is 7.69. The van der Waals surface area contributed by atoms with Crippen LogP contribution >= 0.6 is 0 Å². The Morgan fingerprint density at radius 3 is 2.64 bits per heavy atom. The summed E-state index contributed by atoms with van der Waals surface area (Å²) in [6, 6.07) is 0. The predicted octanol–water partition coefficient (Wildman–Crippen LogP) is 2.47. The van der Waals surface area contributed by atoms with Gasteiger partial charge in [0.25, 0.3) is 0 Å². The Hall–Kier alpha value is -0.300. The van der Waals surface area contributed by atoms with Crippen LogP contribution in [0.4, 0.5) is 0 Å². The summed E-state index contributed by atoms with van der Waals surface area (Å²) in [5.41, 5.74) is 7.52. The van der Waals surface area contributed by atoms with Gasteiger partial charge >= 0.3 is 0 Å². The molecule has 1 heteroatoms. The largest absolute Gasteiger partial charge is 0.330 e. The first-order valence-electron chi connectivity index (χ1n) is 4.56. The van der Waals surface area contributed by atoms with Crippen LogP contribution in [0.5, 0.6) is 0 Å². The van der Waals surface area contributed by atoms with Gasteiger partial charge in [0, 0.05) is 6.54 Å². The predicted molar refractivity (Wildman–Crippen MR) is 49.4 cm³/mol. The molecule has 0 aromatic carbocycles. The Balaban J connectivity index is 2.64. The molecule has 1 rings (SSSR count). The molecule has 0 aromatic rings. The van der Waals surface area contributed by atoms with E-state index in [1.165, 1.54) is 25.7 Å². The number of allylic oxidation sites excluding steroid dienone is 1. The fourth-order valence-electron chi connectivity index (χ4n) is 1.58. The third-order valence-electron chi connectivity index (χ3n) is 2.67. The van der Waals surface area contributed by atoms with E-state index >= 15 is 0 Å². The van der Waals surface area contributed by atoms with E-state index in [9.17, 15) is 0 Å². The first kappa shape index (κ1) is 8.79. The van der Waals surface area contributed by atoms with Crippen molar-refractivity contribution in [2.75, 3.05) is 6.54 Å². The average Bonchev–Trinajstić information content (AvgIpc) is 2.06. The smallest absolute Gasteiger partial charge is 0.00115 e. The van der Waals surface area contributed by atoms with Crippen LogP contribution in [0, 0.1) is 5.41 Å². The monoisotopic (exact) mass is 153 g/mol. The van der Waals surface area contributed by atoms with E-state index in [4.69, 9.17) is 5.73 Å². The minimum atomic E-state index is 0.250. The van der Waals surface area contributed by atoms with Crippen molar-refractivity contribution in [3.05, 3.63) is 11.6 Å². The maximum absolute atomic E-state index is 5.70.